The lowest BCUT2D eigenvalue weighted by atomic mass is 10.0. The van der Waals surface area contributed by atoms with E-state index in [1.165, 1.54) is 0 Å². The van der Waals surface area contributed by atoms with Crippen molar-refractivity contribution in [3.05, 3.63) is 47.6 Å². The highest BCUT2D eigenvalue weighted by atomic mass is 127. The first kappa shape index (κ1) is 23.3. The second-order valence-corrected chi connectivity index (χ2v) is 5.74. The van der Waals surface area contributed by atoms with Gasteiger partial charge in [0.05, 0.1) is 13.2 Å². The zero-order valence-electron chi connectivity index (χ0n) is 15.9. The lowest BCUT2D eigenvalue weighted by Crippen LogP contribution is -2.39. The molecule has 9 heteroatoms. The molecule has 0 aliphatic heterocycles. The number of aliphatic hydroxyl groups excluding tert-OH is 1. The van der Waals surface area contributed by atoms with Crippen molar-refractivity contribution in [1.82, 2.24) is 20.8 Å². The van der Waals surface area contributed by atoms with Crippen LogP contribution in [0.5, 0.6) is 0 Å². The van der Waals surface area contributed by atoms with Crippen LogP contribution >= 0.6 is 24.0 Å². The third kappa shape index (κ3) is 7.43. The molecule has 3 N–H and O–H groups in total. The molecule has 0 saturated carbocycles. The number of aliphatic imine (C=N–C) groups is 1. The Labute approximate surface area is 176 Å². The Hall–Kier alpha value is -1.72. The molecule has 27 heavy (non-hydrogen) atoms. The first-order chi connectivity index (χ1) is 12.7. The minimum absolute atomic E-state index is 0. The summed E-state index contributed by atoms with van der Waals surface area (Å²) in [6.45, 7) is 5.34. The Bertz CT molecular complexity index is 681. The number of rotatable bonds is 9. The minimum atomic E-state index is -0.203. The molecule has 2 unspecified atom stereocenters. The van der Waals surface area contributed by atoms with E-state index in [9.17, 15) is 5.11 Å². The number of benzene rings is 1. The molecule has 150 valence electrons. The number of nitrogens with zero attached hydrogens (tertiary/aromatic N) is 3. The summed E-state index contributed by atoms with van der Waals surface area (Å²) in [4.78, 5) is 8.48. The normalized spacial score (nSPS) is 13.6. The number of hydrogen-bond donors (Lipinski definition) is 3. The Morgan fingerprint density at radius 1 is 1.30 bits per heavy atom. The molecular formula is C18H28IN5O3. The second-order valence-electron chi connectivity index (χ2n) is 5.74. The van der Waals surface area contributed by atoms with Crippen LogP contribution in [0.4, 0.5) is 0 Å². The average molecular weight is 489 g/mol. The Kier molecular flexibility index (Phi) is 10.9. The predicted octanol–water partition coefficient (Wildman–Crippen LogP) is 2.23. The van der Waals surface area contributed by atoms with E-state index in [0.29, 0.717) is 37.4 Å². The van der Waals surface area contributed by atoms with Crippen molar-refractivity contribution in [3.8, 4) is 0 Å². The van der Waals surface area contributed by atoms with Gasteiger partial charge in [-0.3, -0.25) is 4.99 Å². The average Bonchev–Trinajstić information content (AvgIpc) is 3.15. The maximum atomic E-state index is 9.63. The summed E-state index contributed by atoms with van der Waals surface area (Å²) < 4.78 is 10.7. The van der Waals surface area contributed by atoms with Gasteiger partial charge in [0.2, 0.25) is 5.89 Å². The van der Waals surface area contributed by atoms with Gasteiger partial charge in [-0.1, -0.05) is 35.5 Å². The van der Waals surface area contributed by atoms with Gasteiger partial charge < -0.3 is 25.0 Å². The fourth-order valence-electron chi connectivity index (χ4n) is 2.44. The first-order valence-electron chi connectivity index (χ1n) is 8.72. The molecule has 0 bridgehead atoms. The van der Waals surface area contributed by atoms with Gasteiger partial charge in [0, 0.05) is 26.1 Å². The molecule has 8 nitrogen and oxygen atoms in total. The highest BCUT2D eigenvalue weighted by Gasteiger charge is 2.14. The van der Waals surface area contributed by atoms with Crippen LogP contribution in [0, 0.1) is 0 Å². The van der Waals surface area contributed by atoms with Crippen molar-refractivity contribution in [2.45, 2.75) is 32.4 Å². The number of aromatic nitrogens is 2. The number of nitrogens with one attached hydrogen (secondary N) is 2. The smallest absolute Gasteiger partial charge is 0.246 e. The van der Waals surface area contributed by atoms with E-state index in [1.807, 2.05) is 44.2 Å². The number of guanidine groups is 1. The van der Waals surface area contributed by atoms with Gasteiger partial charge in [-0.2, -0.15) is 4.98 Å². The summed E-state index contributed by atoms with van der Waals surface area (Å²) in [5.41, 5.74) is 1.07. The van der Waals surface area contributed by atoms with Crippen LogP contribution in [0.2, 0.25) is 0 Å². The third-order valence-electron chi connectivity index (χ3n) is 3.90. The molecule has 0 aliphatic rings. The zero-order valence-corrected chi connectivity index (χ0v) is 18.2. The lowest BCUT2D eigenvalue weighted by molar-refractivity contribution is 0.0683. The summed E-state index contributed by atoms with van der Waals surface area (Å²) in [7, 11) is 1.68. The summed E-state index contributed by atoms with van der Waals surface area (Å²) in [6.07, 6.45) is -0.203. The van der Waals surface area contributed by atoms with E-state index >= 15 is 0 Å². The van der Waals surface area contributed by atoms with Gasteiger partial charge in [0.1, 0.15) is 6.10 Å². The van der Waals surface area contributed by atoms with Gasteiger partial charge >= 0.3 is 0 Å². The second kappa shape index (κ2) is 12.6. The molecule has 0 amide bonds. The van der Waals surface area contributed by atoms with Crippen LogP contribution in [-0.4, -0.2) is 48.0 Å². The van der Waals surface area contributed by atoms with Crippen LogP contribution in [-0.2, 0) is 11.3 Å². The van der Waals surface area contributed by atoms with Crippen molar-refractivity contribution in [2.24, 2.45) is 4.99 Å². The van der Waals surface area contributed by atoms with Crippen LogP contribution in [0.1, 0.15) is 43.1 Å². The van der Waals surface area contributed by atoms with Crippen molar-refractivity contribution < 1.29 is 14.4 Å². The predicted molar refractivity (Wildman–Crippen MR) is 114 cm³/mol. The lowest BCUT2D eigenvalue weighted by Gasteiger charge is -2.17. The fourth-order valence-corrected chi connectivity index (χ4v) is 2.44. The molecule has 0 fully saturated rings. The van der Waals surface area contributed by atoms with Crippen LogP contribution < -0.4 is 10.6 Å². The molecule has 0 saturated heterocycles. The van der Waals surface area contributed by atoms with Gasteiger partial charge in [-0.05, 0) is 19.4 Å². The highest BCUT2D eigenvalue weighted by molar-refractivity contribution is 14.0. The molecule has 1 aromatic carbocycles. The first-order valence-corrected chi connectivity index (χ1v) is 8.72. The molecular weight excluding hydrogens is 461 g/mol. The van der Waals surface area contributed by atoms with E-state index < -0.39 is 0 Å². The maximum Gasteiger partial charge on any atom is 0.246 e. The standard InChI is InChI=1S/C18H27N5O3.HI/c1-4-25-13(2)17-22-16(26-23-17)11-21-18(19-3)20-10-15(12-24)14-8-6-5-7-9-14;/h5-9,13,15,24H,4,10-12H2,1-3H3,(H2,19,20,21);1H. The van der Waals surface area contributed by atoms with Gasteiger partial charge in [-0.25, -0.2) is 0 Å². The summed E-state index contributed by atoms with van der Waals surface area (Å²) >= 11 is 0. The van der Waals surface area contributed by atoms with Gasteiger partial charge in [0.15, 0.2) is 11.8 Å². The molecule has 0 aliphatic carbocycles. The summed E-state index contributed by atoms with van der Waals surface area (Å²) in [5, 5.41) is 19.9. The van der Waals surface area contributed by atoms with E-state index in [0.717, 1.165) is 5.56 Å². The Morgan fingerprint density at radius 3 is 2.67 bits per heavy atom. The molecule has 2 atom stereocenters. The zero-order chi connectivity index (χ0) is 18.8. The van der Waals surface area contributed by atoms with E-state index in [-0.39, 0.29) is 42.6 Å². The number of aliphatic hydroxyl groups is 1. The summed E-state index contributed by atoms with van der Waals surface area (Å²) in [6, 6.07) is 9.87. The van der Waals surface area contributed by atoms with E-state index in [1.54, 1.807) is 7.05 Å². The molecule has 2 rings (SSSR count). The Morgan fingerprint density at radius 2 is 2.04 bits per heavy atom. The summed E-state index contributed by atoms with van der Waals surface area (Å²) in [5.74, 6) is 1.56. The van der Waals surface area contributed by atoms with Crippen molar-refractivity contribution in [1.29, 1.82) is 0 Å². The van der Waals surface area contributed by atoms with Crippen LogP contribution in [0.15, 0.2) is 39.8 Å². The maximum absolute atomic E-state index is 9.63. The van der Waals surface area contributed by atoms with Crippen LogP contribution in [0.3, 0.4) is 0 Å². The monoisotopic (exact) mass is 489 g/mol. The number of halogens is 1. The van der Waals surface area contributed by atoms with Crippen molar-refractivity contribution in [3.63, 3.8) is 0 Å². The van der Waals surface area contributed by atoms with E-state index in [4.69, 9.17) is 9.26 Å². The fraction of sp³-hybridized carbons (Fsp3) is 0.500. The molecule has 1 heterocycles. The minimum Gasteiger partial charge on any atom is -0.396 e. The van der Waals surface area contributed by atoms with Crippen LogP contribution in [0.25, 0.3) is 0 Å². The SMILES string of the molecule is CCOC(C)c1noc(CNC(=NC)NCC(CO)c2ccccc2)n1.I. The van der Waals surface area contributed by atoms with E-state index in [2.05, 4.69) is 25.8 Å². The van der Waals surface area contributed by atoms with Gasteiger partial charge in [-0.15, -0.1) is 24.0 Å². The highest BCUT2D eigenvalue weighted by Crippen LogP contribution is 2.14. The number of ether oxygens (including phenoxy) is 1. The Balaban J connectivity index is 0.00000364. The molecule has 1 aromatic heterocycles. The quantitative estimate of drug-likeness (QED) is 0.282. The van der Waals surface area contributed by atoms with Crippen molar-refractivity contribution in [2.75, 3.05) is 26.8 Å². The van der Waals surface area contributed by atoms with Crippen molar-refractivity contribution >= 4 is 29.9 Å². The van der Waals surface area contributed by atoms with Gasteiger partial charge in [0.25, 0.3) is 0 Å². The molecule has 0 radical (unpaired) electrons. The molecule has 2 aromatic rings. The number of hydrogen-bond acceptors (Lipinski definition) is 6. The topological polar surface area (TPSA) is 105 Å². The largest absolute Gasteiger partial charge is 0.396 e. The molecule has 0 spiro atoms. The third-order valence-corrected chi connectivity index (χ3v) is 3.90.